The topological polar surface area (TPSA) is 97.0 Å². The molecule has 3 rings (SSSR count). The van der Waals surface area contributed by atoms with Gasteiger partial charge in [-0.2, -0.15) is 0 Å². The number of H-pyrrole nitrogens is 1. The van der Waals surface area contributed by atoms with Crippen molar-refractivity contribution < 1.29 is 14.3 Å². The van der Waals surface area contributed by atoms with Crippen LogP contribution in [0.25, 0.3) is 0 Å². The average molecular weight is 410 g/mol. The van der Waals surface area contributed by atoms with E-state index in [0.717, 1.165) is 11.3 Å². The zero-order valence-electron chi connectivity index (χ0n) is 16.4. The molecule has 0 radical (unpaired) electrons. The number of para-hydroxylation sites is 1. The maximum absolute atomic E-state index is 12.4. The van der Waals surface area contributed by atoms with Crippen LogP contribution in [0.3, 0.4) is 0 Å². The molecule has 0 fully saturated rings. The normalized spacial score (nSPS) is 11.7. The van der Waals surface area contributed by atoms with Crippen molar-refractivity contribution in [1.29, 1.82) is 0 Å². The van der Waals surface area contributed by atoms with Gasteiger partial charge in [0.2, 0.25) is 11.1 Å². The van der Waals surface area contributed by atoms with E-state index in [1.807, 2.05) is 31.2 Å². The summed E-state index contributed by atoms with van der Waals surface area (Å²) >= 11 is 1.25. The summed E-state index contributed by atoms with van der Waals surface area (Å²) < 4.78 is 5.75. The summed E-state index contributed by atoms with van der Waals surface area (Å²) in [4.78, 5) is 28.1. The lowest BCUT2D eigenvalue weighted by Crippen LogP contribution is -2.22. The zero-order valence-corrected chi connectivity index (χ0v) is 17.2. The molecule has 1 atom stereocenters. The van der Waals surface area contributed by atoms with Gasteiger partial charge in [0.15, 0.2) is 11.6 Å². The zero-order chi connectivity index (χ0) is 20.8. The molecule has 29 heavy (non-hydrogen) atoms. The molecule has 150 valence electrons. The van der Waals surface area contributed by atoms with Gasteiger partial charge >= 0.3 is 0 Å². The summed E-state index contributed by atoms with van der Waals surface area (Å²) in [5, 5.41) is 9.88. The monoisotopic (exact) mass is 410 g/mol. The number of ether oxygens (including phenoxy) is 1. The fourth-order valence-electron chi connectivity index (χ4n) is 2.50. The van der Waals surface area contributed by atoms with E-state index in [2.05, 4.69) is 20.5 Å². The lowest BCUT2D eigenvalue weighted by molar-refractivity contribution is -0.115. The van der Waals surface area contributed by atoms with E-state index in [-0.39, 0.29) is 18.3 Å². The molecule has 1 amide bonds. The number of Topliss-reactive ketones (excluding diaryl/α,β-unsaturated/α-hetero) is 1. The molecule has 2 N–H and O–H groups in total. The molecule has 0 saturated carbocycles. The van der Waals surface area contributed by atoms with Gasteiger partial charge < -0.3 is 10.1 Å². The highest BCUT2D eigenvalue weighted by atomic mass is 32.2. The Bertz CT molecular complexity index is 1000. The predicted molar refractivity (Wildman–Crippen MR) is 112 cm³/mol. The third kappa shape index (κ3) is 5.68. The molecule has 0 aliphatic heterocycles. The summed E-state index contributed by atoms with van der Waals surface area (Å²) in [6, 6.07) is 14.5. The van der Waals surface area contributed by atoms with Crippen molar-refractivity contribution in [2.75, 3.05) is 5.32 Å². The second kappa shape index (κ2) is 9.38. The Balaban J connectivity index is 1.52. The number of ketones is 1. The second-order valence-corrected chi connectivity index (χ2v) is 7.81. The van der Waals surface area contributed by atoms with Gasteiger partial charge in [-0.1, -0.05) is 30.0 Å². The first kappa shape index (κ1) is 20.6. The average Bonchev–Trinajstić information content (AvgIpc) is 3.15. The molecule has 0 unspecified atom stereocenters. The van der Waals surface area contributed by atoms with Crippen LogP contribution in [0.4, 0.5) is 5.69 Å². The second-order valence-electron chi connectivity index (χ2n) is 6.50. The fraction of sp³-hybridized carbons (Fsp3) is 0.238. The van der Waals surface area contributed by atoms with E-state index in [1.165, 1.54) is 18.7 Å². The van der Waals surface area contributed by atoms with Crippen LogP contribution in [0.5, 0.6) is 5.75 Å². The third-order valence-corrected chi connectivity index (χ3v) is 5.14. The first-order chi connectivity index (χ1) is 13.9. The molecule has 0 spiro atoms. The largest absolute Gasteiger partial charge is 0.485 e. The molecule has 8 heteroatoms. The molecule has 1 aromatic heterocycles. The van der Waals surface area contributed by atoms with Crippen molar-refractivity contribution in [2.45, 2.75) is 37.8 Å². The van der Waals surface area contributed by atoms with Crippen LogP contribution in [0, 0.1) is 6.92 Å². The first-order valence-corrected chi connectivity index (χ1v) is 9.98. The maximum Gasteiger partial charge on any atom is 0.237 e. The number of aromatic nitrogens is 3. The number of anilines is 1. The fourth-order valence-corrected chi connectivity index (χ4v) is 3.25. The summed E-state index contributed by atoms with van der Waals surface area (Å²) in [6.07, 6.45) is 0. The van der Waals surface area contributed by atoms with E-state index in [9.17, 15) is 9.59 Å². The van der Waals surface area contributed by atoms with Gasteiger partial charge in [-0.15, -0.1) is 5.10 Å². The van der Waals surface area contributed by atoms with Crippen LogP contribution in [0.1, 0.15) is 35.6 Å². The Morgan fingerprint density at radius 3 is 2.59 bits per heavy atom. The summed E-state index contributed by atoms with van der Waals surface area (Å²) in [7, 11) is 0. The van der Waals surface area contributed by atoms with Gasteiger partial charge in [-0.3, -0.25) is 14.7 Å². The van der Waals surface area contributed by atoms with Crippen molar-refractivity contribution in [3.8, 4) is 5.75 Å². The number of nitrogens with one attached hydrogen (secondary N) is 2. The van der Waals surface area contributed by atoms with Gasteiger partial charge in [-0.05, 0) is 56.7 Å². The van der Waals surface area contributed by atoms with Crippen molar-refractivity contribution >= 4 is 29.1 Å². The van der Waals surface area contributed by atoms with Crippen LogP contribution in [0.15, 0.2) is 53.7 Å². The molecule has 1 heterocycles. The lowest BCUT2D eigenvalue weighted by Gasteiger charge is -2.10. The number of carbonyl (C=O) groups excluding carboxylic acids is 2. The van der Waals surface area contributed by atoms with Crippen LogP contribution in [-0.4, -0.2) is 32.1 Å². The van der Waals surface area contributed by atoms with Crippen molar-refractivity contribution in [2.24, 2.45) is 0 Å². The minimum Gasteiger partial charge on any atom is -0.485 e. The van der Waals surface area contributed by atoms with Crippen LogP contribution < -0.4 is 10.1 Å². The minimum absolute atomic E-state index is 0.0152. The van der Waals surface area contributed by atoms with E-state index in [0.29, 0.717) is 22.2 Å². The number of rotatable bonds is 8. The molecule has 0 saturated heterocycles. The van der Waals surface area contributed by atoms with Crippen LogP contribution in [-0.2, 0) is 11.4 Å². The Hall–Kier alpha value is -3.13. The number of aryl methyl sites for hydroxylation is 1. The number of carbonyl (C=O) groups is 2. The Kier molecular flexibility index (Phi) is 6.66. The number of hydrogen-bond donors (Lipinski definition) is 2. The van der Waals surface area contributed by atoms with E-state index in [4.69, 9.17) is 4.74 Å². The van der Waals surface area contributed by atoms with Crippen molar-refractivity contribution in [3.05, 3.63) is 65.5 Å². The number of amides is 1. The molecule has 7 nitrogen and oxygen atoms in total. The van der Waals surface area contributed by atoms with Gasteiger partial charge in [0.05, 0.1) is 5.25 Å². The summed E-state index contributed by atoms with van der Waals surface area (Å²) in [6.45, 7) is 5.53. The molecule has 3 aromatic rings. The van der Waals surface area contributed by atoms with Crippen LogP contribution in [0.2, 0.25) is 0 Å². The number of aromatic amines is 1. The highest BCUT2D eigenvalue weighted by Crippen LogP contribution is 2.22. The quantitative estimate of drug-likeness (QED) is 0.430. The number of nitrogens with zero attached hydrogens (tertiary/aromatic N) is 2. The highest BCUT2D eigenvalue weighted by Gasteiger charge is 2.17. The lowest BCUT2D eigenvalue weighted by atomic mass is 10.1. The van der Waals surface area contributed by atoms with Crippen molar-refractivity contribution in [1.82, 2.24) is 15.2 Å². The smallest absolute Gasteiger partial charge is 0.237 e. The maximum atomic E-state index is 12.4. The van der Waals surface area contributed by atoms with Gasteiger partial charge in [-0.25, -0.2) is 4.98 Å². The van der Waals surface area contributed by atoms with Gasteiger partial charge in [0.1, 0.15) is 12.4 Å². The first-order valence-electron chi connectivity index (χ1n) is 9.10. The van der Waals surface area contributed by atoms with E-state index < -0.39 is 5.25 Å². The molecule has 0 bridgehead atoms. The standard InChI is InChI=1S/C21H22N4O3S/c1-13-6-4-5-7-18(13)28-12-19-23-21(25-24-19)29-15(3)20(27)22-17-10-8-16(9-11-17)14(2)26/h4-11,15H,12H2,1-3H3,(H,22,27)(H,23,24,25)/t15-/m1/s1. The Labute approximate surface area is 173 Å². The van der Waals surface area contributed by atoms with E-state index in [1.54, 1.807) is 31.2 Å². The SMILES string of the molecule is CC(=O)c1ccc(NC(=O)[C@@H](C)Sc2n[nH]c(COc3ccccc3C)n2)cc1. The third-order valence-electron chi connectivity index (χ3n) is 4.18. The Morgan fingerprint density at radius 2 is 1.90 bits per heavy atom. The van der Waals surface area contributed by atoms with E-state index >= 15 is 0 Å². The molecular formula is C21H22N4O3S. The summed E-state index contributed by atoms with van der Waals surface area (Å²) in [5.74, 6) is 1.19. The minimum atomic E-state index is -0.400. The summed E-state index contributed by atoms with van der Waals surface area (Å²) in [5.41, 5.74) is 2.28. The van der Waals surface area contributed by atoms with Crippen LogP contribution >= 0.6 is 11.8 Å². The molecule has 0 aliphatic rings. The molecule has 0 aliphatic carbocycles. The molecular weight excluding hydrogens is 388 g/mol. The Morgan fingerprint density at radius 1 is 1.17 bits per heavy atom. The van der Waals surface area contributed by atoms with Gasteiger partial charge in [0, 0.05) is 11.3 Å². The molecule has 2 aromatic carbocycles. The highest BCUT2D eigenvalue weighted by molar-refractivity contribution is 8.00. The predicted octanol–water partition coefficient (Wildman–Crippen LogP) is 4.01. The van der Waals surface area contributed by atoms with Gasteiger partial charge in [0.25, 0.3) is 0 Å². The number of hydrogen-bond acceptors (Lipinski definition) is 6. The number of benzene rings is 2. The van der Waals surface area contributed by atoms with Crippen molar-refractivity contribution in [3.63, 3.8) is 0 Å². The number of thioether (sulfide) groups is 1.